The fourth-order valence-electron chi connectivity index (χ4n) is 3.24. The van der Waals surface area contributed by atoms with E-state index < -0.39 is 0 Å². The lowest BCUT2D eigenvalue weighted by Crippen LogP contribution is -2.36. The first-order chi connectivity index (χ1) is 11.7. The summed E-state index contributed by atoms with van der Waals surface area (Å²) in [6.07, 6.45) is 5.78. The van der Waals surface area contributed by atoms with Crippen molar-refractivity contribution in [2.75, 3.05) is 11.1 Å². The topological polar surface area (TPSA) is 96.0 Å². The van der Waals surface area contributed by atoms with E-state index in [1.165, 1.54) is 24.2 Å². The van der Waals surface area contributed by atoms with E-state index in [1.807, 2.05) is 11.8 Å². The van der Waals surface area contributed by atoms with Gasteiger partial charge >= 0.3 is 6.03 Å². The minimum Gasteiger partial charge on any atom is -0.332 e. The van der Waals surface area contributed by atoms with Crippen LogP contribution in [0.1, 0.15) is 49.5 Å². The number of nitrogens with one attached hydrogen (secondary N) is 3. The minimum atomic E-state index is -0.0442. The zero-order valence-electron chi connectivity index (χ0n) is 13.3. The van der Waals surface area contributed by atoms with Crippen molar-refractivity contribution in [3.8, 4) is 0 Å². The Labute approximate surface area is 148 Å². The molecule has 9 heteroatoms. The number of hydrogen-bond donors (Lipinski definition) is 3. The highest BCUT2D eigenvalue weighted by molar-refractivity contribution is 8.00. The number of fused-ring (bicyclic) bond motifs is 1. The molecule has 0 unspecified atom stereocenters. The van der Waals surface area contributed by atoms with Crippen LogP contribution in [0.25, 0.3) is 0 Å². The molecule has 3 aliphatic rings. The number of rotatable bonds is 7. The van der Waals surface area contributed by atoms with Gasteiger partial charge in [-0.05, 0) is 25.7 Å². The molecule has 3 N–H and O–H groups in total. The average Bonchev–Trinajstić information content (AvgIpc) is 3.02. The Morgan fingerprint density at radius 1 is 1.25 bits per heavy atom. The van der Waals surface area contributed by atoms with E-state index in [9.17, 15) is 9.59 Å². The molecule has 1 saturated carbocycles. The van der Waals surface area contributed by atoms with E-state index in [0.717, 1.165) is 30.0 Å². The summed E-state index contributed by atoms with van der Waals surface area (Å²) in [5.74, 6) is 1.57. The summed E-state index contributed by atoms with van der Waals surface area (Å²) in [4.78, 5) is 23.3. The van der Waals surface area contributed by atoms with Crippen molar-refractivity contribution in [2.24, 2.45) is 0 Å². The molecule has 1 aromatic heterocycles. The average molecular weight is 368 g/mol. The zero-order valence-corrected chi connectivity index (χ0v) is 14.9. The van der Waals surface area contributed by atoms with E-state index in [2.05, 4.69) is 26.1 Å². The highest BCUT2D eigenvalue weighted by Gasteiger charge is 2.42. The molecule has 0 spiro atoms. The van der Waals surface area contributed by atoms with Crippen LogP contribution in [0.2, 0.25) is 0 Å². The third kappa shape index (κ3) is 3.66. The highest BCUT2D eigenvalue weighted by Crippen LogP contribution is 2.42. The van der Waals surface area contributed by atoms with Crippen LogP contribution >= 0.6 is 23.1 Å². The van der Waals surface area contributed by atoms with Crippen LogP contribution in [0.15, 0.2) is 0 Å². The first-order valence-corrected chi connectivity index (χ1v) is 10.4. The van der Waals surface area contributed by atoms with E-state index >= 15 is 0 Å². The molecular weight excluding hydrogens is 346 g/mol. The smallest absolute Gasteiger partial charge is 0.315 e. The van der Waals surface area contributed by atoms with Crippen LogP contribution in [-0.4, -0.2) is 45.2 Å². The van der Waals surface area contributed by atoms with Gasteiger partial charge in [0.25, 0.3) is 0 Å². The number of carbonyl (C=O) groups is 2. The predicted molar refractivity (Wildman–Crippen MR) is 94.5 cm³/mol. The quantitative estimate of drug-likeness (QED) is 0.506. The summed E-state index contributed by atoms with van der Waals surface area (Å²) in [5.41, 5.74) is 0. The lowest BCUT2D eigenvalue weighted by atomic mass is 10.0. The lowest BCUT2D eigenvalue weighted by Gasteiger charge is -2.16. The van der Waals surface area contributed by atoms with Gasteiger partial charge in [-0.1, -0.05) is 17.8 Å². The number of hydrogen-bond acceptors (Lipinski definition) is 6. The summed E-state index contributed by atoms with van der Waals surface area (Å²) in [6, 6.07) is 0.477. The second-order valence-corrected chi connectivity index (χ2v) is 8.92. The van der Waals surface area contributed by atoms with Crippen molar-refractivity contribution in [1.29, 1.82) is 0 Å². The molecule has 3 fully saturated rings. The molecule has 2 saturated heterocycles. The van der Waals surface area contributed by atoms with Crippen LogP contribution in [0, 0.1) is 0 Å². The fourth-order valence-corrected chi connectivity index (χ4v) is 5.71. The standard InChI is InChI=1S/C15H21N5O2S2/c21-11(17-15-20-19-13(24-15)8-5-6-8)4-2-1-3-10-12-9(7-23-10)16-14(22)18-12/h8-10,12H,1-7H2,(H2,16,18,22)(H,17,20,21)/t9-,10-,12-/m0/s1. The number of urea groups is 1. The maximum atomic E-state index is 12.0. The van der Waals surface area contributed by atoms with Gasteiger partial charge in [-0.25, -0.2) is 4.79 Å². The summed E-state index contributed by atoms with van der Waals surface area (Å²) < 4.78 is 0. The number of anilines is 1. The molecule has 24 heavy (non-hydrogen) atoms. The monoisotopic (exact) mass is 367 g/mol. The number of unbranched alkanes of at least 4 members (excludes halogenated alkanes) is 1. The molecule has 0 bridgehead atoms. The van der Waals surface area contributed by atoms with Crippen LogP contribution in [-0.2, 0) is 4.79 Å². The van der Waals surface area contributed by atoms with Crippen LogP contribution < -0.4 is 16.0 Å². The molecule has 3 atom stereocenters. The van der Waals surface area contributed by atoms with Crippen molar-refractivity contribution in [2.45, 2.75) is 61.8 Å². The Balaban J connectivity index is 1.15. The number of thioether (sulfide) groups is 1. The molecule has 1 aromatic rings. The van der Waals surface area contributed by atoms with Gasteiger partial charge in [0.05, 0.1) is 12.1 Å². The Morgan fingerprint density at radius 2 is 2.12 bits per heavy atom. The number of aromatic nitrogens is 2. The Bertz CT molecular complexity index is 633. The number of nitrogens with zero attached hydrogens (tertiary/aromatic N) is 2. The maximum Gasteiger partial charge on any atom is 0.315 e. The van der Waals surface area contributed by atoms with Gasteiger partial charge in [-0.2, -0.15) is 11.8 Å². The Hall–Kier alpha value is -1.35. The van der Waals surface area contributed by atoms with Gasteiger partial charge < -0.3 is 16.0 Å². The SMILES string of the molecule is O=C(CCCC[C@@H]1SC[C@@H]2NC(=O)N[C@@H]21)Nc1nnc(C2CC2)s1. The zero-order chi connectivity index (χ0) is 16.5. The largest absolute Gasteiger partial charge is 0.332 e. The summed E-state index contributed by atoms with van der Waals surface area (Å²) in [6.45, 7) is 0. The Morgan fingerprint density at radius 3 is 2.96 bits per heavy atom. The van der Waals surface area contributed by atoms with E-state index in [-0.39, 0.29) is 24.0 Å². The van der Waals surface area contributed by atoms with Crippen molar-refractivity contribution in [1.82, 2.24) is 20.8 Å². The fraction of sp³-hybridized carbons (Fsp3) is 0.733. The summed E-state index contributed by atoms with van der Waals surface area (Å²) >= 11 is 3.41. The number of amides is 3. The molecule has 1 aliphatic carbocycles. The van der Waals surface area contributed by atoms with Crippen LogP contribution in [0.3, 0.4) is 0 Å². The van der Waals surface area contributed by atoms with Gasteiger partial charge in [0, 0.05) is 23.3 Å². The van der Waals surface area contributed by atoms with Gasteiger partial charge in [0.1, 0.15) is 5.01 Å². The highest BCUT2D eigenvalue weighted by atomic mass is 32.2. The van der Waals surface area contributed by atoms with Crippen molar-refractivity contribution >= 4 is 40.2 Å². The van der Waals surface area contributed by atoms with Gasteiger partial charge in [0.15, 0.2) is 0 Å². The number of carbonyl (C=O) groups excluding carboxylic acids is 2. The Kier molecular flexibility index (Phi) is 4.62. The van der Waals surface area contributed by atoms with E-state index in [0.29, 0.717) is 22.7 Å². The van der Waals surface area contributed by atoms with Crippen molar-refractivity contribution in [3.05, 3.63) is 5.01 Å². The molecule has 4 rings (SSSR count). The second-order valence-electron chi connectivity index (χ2n) is 6.64. The molecule has 3 heterocycles. The predicted octanol–water partition coefficient (Wildman–Crippen LogP) is 2.08. The van der Waals surface area contributed by atoms with E-state index in [1.54, 1.807) is 0 Å². The van der Waals surface area contributed by atoms with Crippen LogP contribution in [0.4, 0.5) is 9.93 Å². The summed E-state index contributed by atoms with van der Waals surface area (Å²) in [7, 11) is 0. The van der Waals surface area contributed by atoms with Gasteiger partial charge in [0.2, 0.25) is 11.0 Å². The third-order valence-electron chi connectivity index (χ3n) is 4.69. The first-order valence-electron chi connectivity index (χ1n) is 8.51. The minimum absolute atomic E-state index is 0.0151. The molecule has 3 amide bonds. The molecule has 130 valence electrons. The van der Waals surface area contributed by atoms with Crippen LogP contribution in [0.5, 0.6) is 0 Å². The third-order valence-corrected chi connectivity index (χ3v) is 7.20. The molecule has 0 aromatic carbocycles. The van der Waals surface area contributed by atoms with Gasteiger partial charge in [-0.15, -0.1) is 10.2 Å². The van der Waals surface area contributed by atoms with Gasteiger partial charge in [-0.3, -0.25) is 4.79 Å². The maximum absolute atomic E-state index is 12.0. The van der Waals surface area contributed by atoms with E-state index in [4.69, 9.17) is 0 Å². The molecule has 2 aliphatic heterocycles. The molecule has 0 radical (unpaired) electrons. The van der Waals surface area contributed by atoms with Crippen molar-refractivity contribution in [3.63, 3.8) is 0 Å². The first kappa shape index (κ1) is 16.1. The normalized spacial score (nSPS) is 28.3. The second kappa shape index (κ2) is 6.87. The van der Waals surface area contributed by atoms with Crippen molar-refractivity contribution < 1.29 is 9.59 Å². The lowest BCUT2D eigenvalue weighted by molar-refractivity contribution is -0.116. The molecular formula is C15H21N5O2S2. The molecule has 7 nitrogen and oxygen atoms in total. The summed E-state index contributed by atoms with van der Waals surface area (Å²) in [5, 5.41) is 19.1.